The average Bonchev–Trinajstić information content (AvgIpc) is 2.06. The van der Waals surface area contributed by atoms with Gasteiger partial charge in [-0.05, 0) is 25.7 Å². The van der Waals surface area contributed by atoms with Crippen molar-refractivity contribution < 1.29 is 5.11 Å². The van der Waals surface area contributed by atoms with Gasteiger partial charge in [0.1, 0.15) is 0 Å². The summed E-state index contributed by atoms with van der Waals surface area (Å²) in [5.41, 5.74) is -0.508. The summed E-state index contributed by atoms with van der Waals surface area (Å²) in [5, 5.41) is 18.3. The molecule has 0 aromatic heterocycles. The Morgan fingerprint density at radius 1 is 1.33 bits per heavy atom. The Labute approximate surface area is 75.2 Å². The zero-order chi connectivity index (χ0) is 9.45. The van der Waals surface area contributed by atoms with E-state index in [4.69, 9.17) is 5.26 Å². The Balaban J connectivity index is 3.72. The summed E-state index contributed by atoms with van der Waals surface area (Å²) in [5.74, 6) is 0. The molecule has 2 nitrogen and oxygen atoms in total. The molecule has 0 aliphatic heterocycles. The lowest BCUT2D eigenvalue weighted by Gasteiger charge is -2.25. The first-order valence-corrected chi connectivity index (χ1v) is 4.78. The van der Waals surface area contributed by atoms with Crippen LogP contribution in [-0.4, -0.2) is 10.7 Å². The number of nitriles is 1. The summed E-state index contributed by atoms with van der Waals surface area (Å²) in [4.78, 5) is 0. The van der Waals surface area contributed by atoms with Crippen molar-refractivity contribution in [3.63, 3.8) is 0 Å². The normalized spacial score (nSPS) is 15.2. The lowest BCUT2D eigenvalue weighted by molar-refractivity contribution is 0.0167. The van der Waals surface area contributed by atoms with Crippen LogP contribution in [-0.2, 0) is 0 Å². The topological polar surface area (TPSA) is 44.0 Å². The fraction of sp³-hybridized carbons (Fsp3) is 0.900. The Kier molecular flexibility index (Phi) is 5.74. The van der Waals surface area contributed by atoms with Gasteiger partial charge < -0.3 is 5.11 Å². The van der Waals surface area contributed by atoms with Crippen LogP contribution in [0.25, 0.3) is 0 Å². The van der Waals surface area contributed by atoms with Crippen LogP contribution in [0.3, 0.4) is 0 Å². The van der Waals surface area contributed by atoms with Crippen LogP contribution < -0.4 is 0 Å². The molecule has 0 aliphatic rings. The Hall–Kier alpha value is -0.550. The van der Waals surface area contributed by atoms with Crippen LogP contribution >= 0.6 is 0 Å². The van der Waals surface area contributed by atoms with E-state index in [0.29, 0.717) is 6.42 Å². The number of unbranched alkanes of at least 4 members (excludes halogenated alkanes) is 1. The van der Waals surface area contributed by atoms with Gasteiger partial charge >= 0.3 is 0 Å². The summed E-state index contributed by atoms with van der Waals surface area (Å²) < 4.78 is 0. The first-order chi connectivity index (χ1) is 5.68. The highest BCUT2D eigenvalue weighted by atomic mass is 16.3. The van der Waals surface area contributed by atoms with Gasteiger partial charge in [0, 0.05) is 6.42 Å². The van der Waals surface area contributed by atoms with E-state index in [1.165, 1.54) is 0 Å². The van der Waals surface area contributed by atoms with Crippen molar-refractivity contribution in [2.45, 2.75) is 58.0 Å². The molecular weight excluding hydrogens is 150 g/mol. The van der Waals surface area contributed by atoms with Crippen molar-refractivity contribution in [3.8, 4) is 6.07 Å². The molecule has 0 aromatic rings. The van der Waals surface area contributed by atoms with Crippen LogP contribution in [0, 0.1) is 11.3 Å². The van der Waals surface area contributed by atoms with Gasteiger partial charge in [0.25, 0.3) is 0 Å². The molecular formula is C10H19NO. The van der Waals surface area contributed by atoms with E-state index >= 15 is 0 Å². The molecule has 1 atom stereocenters. The molecule has 70 valence electrons. The van der Waals surface area contributed by atoms with Crippen molar-refractivity contribution in [1.82, 2.24) is 0 Å². The van der Waals surface area contributed by atoms with Gasteiger partial charge in [0.05, 0.1) is 11.7 Å². The molecule has 1 unspecified atom stereocenters. The highest BCUT2D eigenvalue weighted by molar-refractivity contribution is 4.78. The van der Waals surface area contributed by atoms with Gasteiger partial charge in [-0.15, -0.1) is 0 Å². The Bertz CT molecular complexity index is 150. The van der Waals surface area contributed by atoms with Crippen LogP contribution in [0.5, 0.6) is 0 Å². The van der Waals surface area contributed by atoms with E-state index in [1.54, 1.807) is 0 Å². The smallest absolute Gasteiger partial charge is 0.0645 e. The maximum atomic E-state index is 9.94. The first-order valence-electron chi connectivity index (χ1n) is 4.78. The summed E-state index contributed by atoms with van der Waals surface area (Å²) in [6, 6.07) is 2.10. The predicted octanol–water partition coefficient (Wildman–Crippen LogP) is 2.62. The molecule has 12 heavy (non-hydrogen) atoms. The van der Waals surface area contributed by atoms with Gasteiger partial charge in [0.15, 0.2) is 0 Å². The molecule has 0 radical (unpaired) electrons. The third-order valence-corrected chi connectivity index (χ3v) is 2.30. The monoisotopic (exact) mass is 169 g/mol. The summed E-state index contributed by atoms with van der Waals surface area (Å²) >= 11 is 0. The van der Waals surface area contributed by atoms with Gasteiger partial charge in [-0.3, -0.25) is 0 Å². The quantitative estimate of drug-likeness (QED) is 0.621. The van der Waals surface area contributed by atoms with Gasteiger partial charge in [0.2, 0.25) is 0 Å². The molecule has 0 aromatic carbocycles. The minimum Gasteiger partial charge on any atom is -0.390 e. The Morgan fingerprint density at radius 2 is 2.00 bits per heavy atom. The second-order valence-electron chi connectivity index (χ2n) is 3.34. The molecule has 0 saturated carbocycles. The molecule has 1 N–H and O–H groups in total. The van der Waals surface area contributed by atoms with Crippen molar-refractivity contribution in [2.24, 2.45) is 0 Å². The van der Waals surface area contributed by atoms with Crippen LogP contribution in [0.2, 0.25) is 0 Å². The van der Waals surface area contributed by atoms with E-state index in [0.717, 1.165) is 32.1 Å². The molecule has 0 saturated heterocycles. The highest BCUT2D eigenvalue weighted by Gasteiger charge is 2.22. The number of hydrogen-bond donors (Lipinski definition) is 1. The van der Waals surface area contributed by atoms with Crippen LogP contribution in [0.15, 0.2) is 0 Å². The maximum Gasteiger partial charge on any atom is 0.0645 e. The zero-order valence-corrected chi connectivity index (χ0v) is 8.14. The van der Waals surface area contributed by atoms with E-state index in [1.807, 2.05) is 6.92 Å². The van der Waals surface area contributed by atoms with Gasteiger partial charge in [-0.2, -0.15) is 5.26 Å². The van der Waals surface area contributed by atoms with Crippen molar-refractivity contribution in [3.05, 3.63) is 0 Å². The predicted molar refractivity (Wildman–Crippen MR) is 49.6 cm³/mol. The number of nitrogens with zero attached hydrogens (tertiary/aromatic N) is 1. The molecule has 0 fully saturated rings. The third-order valence-electron chi connectivity index (χ3n) is 2.30. The van der Waals surface area contributed by atoms with E-state index in [9.17, 15) is 5.11 Å². The molecule has 0 aliphatic carbocycles. The fourth-order valence-electron chi connectivity index (χ4n) is 1.44. The third kappa shape index (κ3) is 4.35. The van der Waals surface area contributed by atoms with Crippen LogP contribution in [0.1, 0.15) is 52.4 Å². The summed E-state index contributed by atoms with van der Waals surface area (Å²) in [7, 11) is 0. The lowest BCUT2D eigenvalue weighted by Crippen LogP contribution is -2.27. The molecule has 0 amide bonds. The minimum absolute atomic E-state index is 0.508. The zero-order valence-electron chi connectivity index (χ0n) is 8.14. The number of aliphatic hydroxyl groups is 1. The van der Waals surface area contributed by atoms with Gasteiger partial charge in [-0.1, -0.05) is 20.3 Å². The lowest BCUT2D eigenvalue weighted by atomic mass is 9.89. The average molecular weight is 169 g/mol. The van der Waals surface area contributed by atoms with E-state index in [-0.39, 0.29) is 0 Å². The van der Waals surface area contributed by atoms with Crippen molar-refractivity contribution in [2.75, 3.05) is 0 Å². The van der Waals surface area contributed by atoms with Gasteiger partial charge in [-0.25, -0.2) is 0 Å². The van der Waals surface area contributed by atoms with E-state index < -0.39 is 5.60 Å². The SMILES string of the molecule is CCCC(O)(CC)CCCC#N. The number of rotatable bonds is 6. The first kappa shape index (κ1) is 11.4. The second-order valence-corrected chi connectivity index (χ2v) is 3.34. The maximum absolute atomic E-state index is 9.94. The molecule has 0 bridgehead atoms. The molecule has 0 rings (SSSR count). The second kappa shape index (κ2) is 6.02. The molecule has 0 heterocycles. The van der Waals surface area contributed by atoms with Crippen molar-refractivity contribution in [1.29, 1.82) is 5.26 Å². The minimum atomic E-state index is -0.508. The fourth-order valence-corrected chi connectivity index (χ4v) is 1.44. The molecule has 0 spiro atoms. The van der Waals surface area contributed by atoms with Crippen molar-refractivity contribution >= 4 is 0 Å². The van der Waals surface area contributed by atoms with E-state index in [2.05, 4.69) is 13.0 Å². The molecule has 2 heteroatoms. The number of hydrogen-bond acceptors (Lipinski definition) is 2. The van der Waals surface area contributed by atoms with Crippen LogP contribution in [0.4, 0.5) is 0 Å². The largest absolute Gasteiger partial charge is 0.390 e. The summed E-state index contributed by atoms with van der Waals surface area (Å²) in [6.45, 7) is 4.08. The highest BCUT2D eigenvalue weighted by Crippen LogP contribution is 2.23. The standard InChI is InChI=1S/C10H19NO/c1-3-7-10(12,4-2)8-5-6-9-11/h12H,3-8H2,1-2H3. The Morgan fingerprint density at radius 3 is 2.42 bits per heavy atom. The summed E-state index contributed by atoms with van der Waals surface area (Å²) in [6.07, 6.45) is 4.82.